The van der Waals surface area contributed by atoms with Gasteiger partial charge in [-0.05, 0) is 46.5 Å². The molecule has 3 N–H and O–H groups in total. The van der Waals surface area contributed by atoms with E-state index in [1.165, 1.54) is 4.90 Å². The first kappa shape index (κ1) is 22.5. The van der Waals surface area contributed by atoms with Crippen LogP contribution in [0.2, 0.25) is 0 Å². The fourth-order valence-corrected chi connectivity index (χ4v) is 3.87. The molecule has 0 spiro atoms. The number of halogens is 1. The highest BCUT2D eigenvalue weighted by Crippen LogP contribution is 2.34. The van der Waals surface area contributed by atoms with E-state index in [2.05, 4.69) is 25.6 Å². The van der Waals surface area contributed by atoms with Crippen molar-refractivity contribution in [3.63, 3.8) is 0 Å². The summed E-state index contributed by atoms with van der Waals surface area (Å²) in [5, 5.41) is 16.1. The predicted octanol–water partition coefficient (Wildman–Crippen LogP) is 2.40. The standard InChI is InChI=1S/C21H32FN7O3/c1-5-28-11-23-16-17(26-19(27-18(16)28)25-15(10-30)12-6-7-12)24-14-9-29(8-13(14)22)20(31)32-21(2,3)4/h11-15,30H,5-10H2,1-4H3,(H2,24,25,26,27)/t13?,14?,15-/m0/s1. The third-order valence-electron chi connectivity index (χ3n) is 5.73. The fourth-order valence-electron chi connectivity index (χ4n) is 3.87. The van der Waals surface area contributed by atoms with Crippen molar-refractivity contribution in [1.29, 1.82) is 0 Å². The summed E-state index contributed by atoms with van der Waals surface area (Å²) in [5.41, 5.74) is 0.510. The normalized spacial score (nSPS) is 22.2. The van der Waals surface area contributed by atoms with Crippen LogP contribution < -0.4 is 10.6 Å². The van der Waals surface area contributed by atoms with Crippen LogP contribution in [0.5, 0.6) is 0 Å². The topological polar surface area (TPSA) is 117 Å². The first-order chi connectivity index (χ1) is 15.2. The van der Waals surface area contributed by atoms with E-state index in [1.807, 2.05) is 11.5 Å². The molecule has 11 heteroatoms. The minimum atomic E-state index is -1.28. The summed E-state index contributed by atoms with van der Waals surface area (Å²) >= 11 is 0. The number of imidazole rings is 1. The molecule has 1 saturated carbocycles. The molecule has 3 heterocycles. The number of ether oxygens (including phenoxy) is 1. The molecule has 1 amide bonds. The summed E-state index contributed by atoms with van der Waals surface area (Å²) in [4.78, 5) is 27.3. The molecule has 176 valence electrons. The van der Waals surface area contributed by atoms with Gasteiger partial charge in [-0.15, -0.1) is 0 Å². The molecular weight excluding hydrogens is 417 g/mol. The second kappa shape index (κ2) is 8.68. The maximum atomic E-state index is 14.8. The van der Waals surface area contributed by atoms with Gasteiger partial charge in [0.1, 0.15) is 11.8 Å². The largest absolute Gasteiger partial charge is 0.444 e. The number of aromatic nitrogens is 4. The van der Waals surface area contributed by atoms with Crippen LogP contribution in [-0.4, -0.2) is 79.2 Å². The van der Waals surface area contributed by atoms with Gasteiger partial charge in [0.05, 0.1) is 31.6 Å². The Kier molecular flexibility index (Phi) is 6.11. The minimum Gasteiger partial charge on any atom is -0.444 e. The molecule has 1 aliphatic heterocycles. The zero-order chi connectivity index (χ0) is 23.0. The number of aryl methyl sites for hydroxylation is 1. The van der Waals surface area contributed by atoms with Gasteiger partial charge in [-0.1, -0.05) is 0 Å². The van der Waals surface area contributed by atoms with Gasteiger partial charge in [-0.2, -0.15) is 9.97 Å². The van der Waals surface area contributed by atoms with Gasteiger partial charge >= 0.3 is 6.09 Å². The van der Waals surface area contributed by atoms with Crippen LogP contribution in [0.15, 0.2) is 6.33 Å². The summed E-state index contributed by atoms with van der Waals surface area (Å²) in [6.07, 6.45) is 1.97. The lowest BCUT2D eigenvalue weighted by Crippen LogP contribution is -2.36. The van der Waals surface area contributed by atoms with E-state index in [0.29, 0.717) is 35.4 Å². The van der Waals surface area contributed by atoms with Crippen LogP contribution in [-0.2, 0) is 11.3 Å². The highest BCUT2D eigenvalue weighted by Gasteiger charge is 2.38. The van der Waals surface area contributed by atoms with Crippen molar-refractivity contribution in [2.45, 2.75) is 70.9 Å². The summed E-state index contributed by atoms with van der Waals surface area (Å²) in [6.45, 7) is 8.08. The Hall–Kier alpha value is -2.69. The van der Waals surface area contributed by atoms with Crippen LogP contribution in [0.1, 0.15) is 40.5 Å². The lowest BCUT2D eigenvalue weighted by Gasteiger charge is -2.24. The molecule has 1 aliphatic carbocycles. The van der Waals surface area contributed by atoms with Crippen molar-refractivity contribution in [3.05, 3.63) is 6.33 Å². The van der Waals surface area contributed by atoms with E-state index in [1.54, 1.807) is 27.1 Å². The Morgan fingerprint density at radius 2 is 2.09 bits per heavy atom. The number of nitrogens with zero attached hydrogens (tertiary/aromatic N) is 5. The van der Waals surface area contributed by atoms with Gasteiger partial charge in [0.15, 0.2) is 17.0 Å². The van der Waals surface area contributed by atoms with Crippen molar-refractivity contribution in [2.24, 2.45) is 5.92 Å². The average Bonchev–Trinajstić information content (AvgIpc) is 3.38. The molecule has 32 heavy (non-hydrogen) atoms. The number of carbonyl (C=O) groups is 1. The molecular formula is C21H32FN7O3. The number of carbonyl (C=O) groups excluding carboxylic acids is 1. The number of anilines is 2. The number of fused-ring (bicyclic) bond motifs is 1. The molecule has 0 radical (unpaired) electrons. The van der Waals surface area contributed by atoms with Crippen LogP contribution in [0.25, 0.3) is 11.2 Å². The Bertz CT molecular complexity index is 972. The van der Waals surface area contributed by atoms with E-state index < -0.39 is 23.9 Å². The van der Waals surface area contributed by atoms with Gasteiger partial charge in [0.25, 0.3) is 0 Å². The van der Waals surface area contributed by atoms with E-state index in [9.17, 15) is 14.3 Å². The van der Waals surface area contributed by atoms with Crippen LogP contribution in [0.3, 0.4) is 0 Å². The average molecular weight is 450 g/mol. The van der Waals surface area contributed by atoms with Gasteiger partial charge in [0.2, 0.25) is 5.95 Å². The summed E-state index contributed by atoms with van der Waals surface area (Å²) < 4.78 is 22.1. The Morgan fingerprint density at radius 3 is 2.72 bits per heavy atom. The number of alkyl halides is 1. The second-order valence-corrected chi connectivity index (χ2v) is 9.52. The predicted molar refractivity (Wildman–Crippen MR) is 118 cm³/mol. The van der Waals surface area contributed by atoms with Gasteiger partial charge in [-0.3, -0.25) is 0 Å². The van der Waals surface area contributed by atoms with Gasteiger partial charge < -0.3 is 29.9 Å². The summed E-state index contributed by atoms with van der Waals surface area (Å²) in [6, 6.07) is -0.779. The molecule has 3 atom stereocenters. The van der Waals surface area contributed by atoms with Crippen molar-refractivity contribution >= 4 is 29.0 Å². The quantitative estimate of drug-likeness (QED) is 0.590. The smallest absolute Gasteiger partial charge is 0.410 e. The van der Waals surface area contributed by atoms with Gasteiger partial charge in [0, 0.05) is 13.1 Å². The zero-order valence-electron chi connectivity index (χ0n) is 19.0. The fraction of sp³-hybridized carbons (Fsp3) is 0.714. The summed E-state index contributed by atoms with van der Waals surface area (Å²) in [7, 11) is 0. The zero-order valence-corrected chi connectivity index (χ0v) is 19.0. The molecule has 10 nitrogen and oxygen atoms in total. The lowest BCUT2D eigenvalue weighted by molar-refractivity contribution is 0.0283. The maximum absolute atomic E-state index is 14.8. The van der Waals surface area contributed by atoms with E-state index in [0.717, 1.165) is 12.8 Å². The Morgan fingerprint density at radius 1 is 1.34 bits per heavy atom. The number of aliphatic hydroxyl groups is 1. The number of rotatable bonds is 7. The number of hydrogen-bond donors (Lipinski definition) is 3. The molecule has 2 fully saturated rings. The third-order valence-corrected chi connectivity index (χ3v) is 5.73. The third kappa shape index (κ3) is 4.87. The van der Waals surface area contributed by atoms with Crippen LogP contribution in [0, 0.1) is 5.92 Å². The highest BCUT2D eigenvalue weighted by atomic mass is 19.1. The number of likely N-dealkylation sites (tertiary alicyclic amines) is 1. The van der Waals surface area contributed by atoms with Crippen molar-refractivity contribution in [1.82, 2.24) is 24.4 Å². The van der Waals surface area contributed by atoms with Crippen LogP contribution >= 0.6 is 0 Å². The van der Waals surface area contributed by atoms with E-state index in [-0.39, 0.29) is 25.7 Å². The molecule has 0 aromatic carbocycles. The second-order valence-electron chi connectivity index (χ2n) is 9.52. The van der Waals surface area contributed by atoms with Gasteiger partial charge in [-0.25, -0.2) is 14.2 Å². The SMILES string of the molecule is CCn1cnc2c(NC3CN(C(=O)OC(C)(C)C)CC3F)nc(N[C@@H](CO)C3CC3)nc21. The lowest BCUT2D eigenvalue weighted by atomic mass is 10.2. The molecule has 0 bridgehead atoms. The molecule has 1 saturated heterocycles. The Labute approximate surface area is 186 Å². The molecule has 2 aromatic heterocycles. The molecule has 4 rings (SSSR count). The summed E-state index contributed by atoms with van der Waals surface area (Å²) in [5.74, 6) is 1.16. The number of aliphatic hydroxyl groups excluding tert-OH is 1. The monoisotopic (exact) mass is 449 g/mol. The van der Waals surface area contributed by atoms with E-state index >= 15 is 0 Å². The molecule has 2 aliphatic rings. The first-order valence-electron chi connectivity index (χ1n) is 11.2. The Balaban J connectivity index is 1.56. The molecule has 2 aromatic rings. The van der Waals surface area contributed by atoms with Crippen molar-refractivity contribution in [2.75, 3.05) is 30.3 Å². The number of amides is 1. The first-order valence-corrected chi connectivity index (χ1v) is 11.2. The minimum absolute atomic E-state index is 0.0120. The molecule has 2 unspecified atom stereocenters. The number of hydrogen-bond acceptors (Lipinski definition) is 8. The maximum Gasteiger partial charge on any atom is 0.410 e. The van der Waals surface area contributed by atoms with Crippen molar-refractivity contribution in [3.8, 4) is 0 Å². The number of nitrogens with one attached hydrogen (secondary N) is 2. The highest BCUT2D eigenvalue weighted by molar-refractivity contribution is 5.84. The van der Waals surface area contributed by atoms with E-state index in [4.69, 9.17) is 4.74 Å². The van der Waals surface area contributed by atoms with Crippen LogP contribution in [0.4, 0.5) is 21.0 Å². The van der Waals surface area contributed by atoms with Crippen molar-refractivity contribution < 1.29 is 19.0 Å².